The van der Waals surface area contributed by atoms with Gasteiger partial charge in [-0.25, -0.2) is 4.98 Å². The first kappa shape index (κ1) is 15.0. The summed E-state index contributed by atoms with van der Waals surface area (Å²) >= 11 is 9.33. The summed E-state index contributed by atoms with van der Waals surface area (Å²) in [7, 11) is 0. The third-order valence-corrected chi connectivity index (χ3v) is 4.37. The lowest BCUT2D eigenvalue weighted by molar-refractivity contribution is 0.105. The number of nitrogens with zero attached hydrogens (tertiary/aromatic N) is 2. The van der Waals surface area contributed by atoms with Gasteiger partial charge in [-0.3, -0.25) is 0 Å². The van der Waals surface area contributed by atoms with Crippen LogP contribution in [0, 0.1) is 10.8 Å². The molecule has 1 fully saturated rings. The molecule has 1 N–H and O–H groups in total. The molecule has 0 radical (unpaired) electrons. The highest BCUT2D eigenvalue weighted by Crippen LogP contribution is 2.46. The second-order valence-corrected chi connectivity index (χ2v) is 8.28. The van der Waals surface area contributed by atoms with Crippen molar-refractivity contribution in [2.75, 3.05) is 5.32 Å². The second kappa shape index (κ2) is 5.21. The van der Waals surface area contributed by atoms with Crippen LogP contribution >= 0.6 is 27.5 Å². The molecule has 0 atom stereocenters. The number of hydrogen-bond donors (Lipinski definition) is 1. The zero-order valence-electron chi connectivity index (χ0n) is 11.9. The highest BCUT2D eigenvalue weighted by Gasteiger charge is 2.38. The Morgan fingerprint density at radius 2 is 1.84 bits per heavy atom. The highest BCUT2D eigenvalue weighted by molar-refractivity contribution is 9.10. The van der Waals surface area contributed by atoms with E-state index in [-0.39, 0.29) is 5.28 Å². The molecule has 0 aromatic carbocycles. The molecule has 0 unspecified atom stereocenters. The van der Waals surface area contributed by atoms with Gasteiger partial charge in [0.2, 0.25) is 5.28 Å². The number of anilines is 1. The summed E-state index contributed by atoms with van der Waals surface area (Å²) in [6.45, 7) is 9.35. The maximum atomic E-state index is 5.86. The fourth-order valence-corrected chi connectivity index (χ4v) is 4.03. The molecular formula is C14H21BrClN3. The lowest BCUT2D eigenvalue weighted by Crippen LogP contribution is -2.40. The van der Waals surface area contributed by atoms with Crippen LogP contribution in [0.4, 0.5) is 5.82 Å². The average Bonchev–Trinajstić information content (AvgIpc) is 2.18. The second-order valence-electron chi connectivity index (χ2n) is 7.09. The third-order valence-electron chi connectivity index (χ3n) is 3.61. The minimum atomic E-state index is 0.278. The quantitative estimate of drug-likeness (QED) is 0.773. The Hall–Kier alpha value is -0.350. The van der Waals surface area contributed by atoms with Gasteiger partial charge in [0.15, 0.2) is 0 Å². The molecule has 1 saturated carbocycles. The highest BCUT2D eigenvalue weighted by atomic mass is 79.9. The molecule has 5 heteroatoms. The van der Waals surface area contributed by atoms with Crippen molar-refractivity contribution >= 4 is 33.3 Å². The Morgan fingerprint density at radius 1 is 1.26 bits per heavy atom. The van der Waals surface area contributed by atoms with Gasteiger partial charge in [0.25, 0.3) is 0 Å². The van der Waals surface area contributed by atoms with Crippen molar-refractivity contribution in [1.29, 1.82) is 0 Å². The van der Waals surface area contributed by atoms with Crippen LogP contribution in [-0.2, 0) is 0 Å². The van der Waals surface area contributed by atoms with Gasteiger partial charge >= 0.3 is 0 Å². The van der Waals surface area contributed by atoms with Crippen molar-refractivity contribution in [3.8, 4) is 0 Å². The maximum absolute atomic E-state index is 5.86. The largest absolute Gasteiger partial charge is 0.366 e. The topological polar surface area (TPSA) is 37.8 Å². The van der Waals surface area contributed by atoms with Crippen molar-refractivity contribution in [2.45, 2.75) is 53.0 Å². The molecule has 1 aromatic rings. The summed E-state index contributed by atoms with van der Waals surface area (Å²) in [6, 6.07) is 0.418. The third kappa shape index (κ3) is 4.06. The van der Waals surface area contributed by atoms with Crippen LogP contribution in [0.3, 0.4) is 0 Å². The van der Waals surface area contributed by atoms with Gasteiger partial charge < -0.3 is 5.32 Å². The number of halogens is 2. The van der Waals surface area contributed by atoms with E-state index in [0.717, 1.165) is 23.1 Å². The van der Waals surface area contributed by atoms with E-state index in [0.29, 0.717) is 16.9 Å². The Bertz CT molecular complexity index is 458. The van der Waals surface area contributed by atoms with Crippen LogP contribution in [0.2, 0.25) is 5.28 Å². The van der Waals surface area contributed by atoms with E-state index in [1.807, 2.05) is 0 Å². The van der Waals surface area contributed by atoms with E-state index in [4.69, 9.17) is 11.6 Å². The zero-order chi connectivity index (χ0) is 14.3. The number of rotatable bonds is 2. The molecule has 2 rings (SSSR count). The van der Waals surface area contributed by atoms with E-state index in [2.05, 4.69) is 58.9 Å². The Labute approximate surface area is 128 Å². The molecule has 0 aliphatic heterocycles. The molecule has 1 heterocycles. The Morgan fingerprint density at radius 3 is 2.42 bits per heavy atom. The van der Waals surface area contributed by atoms with E-state index in [9.17, 15) is 0 Å². The molecule has 3 nitrogen and oxygen atoms in total. The molecule has 0 saturated heterocycles. The van der Waals surface area contributed by atoms with Crippen molar-refractivity contribution < 1.29 is 0 Å². The minimum Gasteiger partial charge on any atom is -0.366 e. The lowest BCUT2D eigenvalue weighted by Gasteiger charge is -2.45. The molecule has 106 valence electrons. The molecule has 0 amide bonds. The minimum absolute atomic E-state index is 0.278. The molecular weight excluding hydrogens is 326 g/mol. The van der Waals surface area contributed by atoms with Crippen LogP contribution in [0.25, 0.3) is 0 Å². The van der Waals surface area contributed by atoms with Crippen molar-refractivity contribution in [3.63, 3.8) is 0 Å². The normalized spacial score (nSPS) is 22.2. The van der Waals surface area contributed by atoms with Crippen LogP contribution in [0.1, 0.15) is 47.0 Å². The predicted molar refractivity (Wildman–Crippen MR) is 83.6 cm³/mol. The van der Waals surface area contributed by atoms with Crippen molar-refractivity contribution in [2.24, 2.45) is 10.8 Å². The predicted octanol–water partition coefficient (Wildman–Crippen LogP) is 4.91. The standard InChI is InChI=1S/C14H21BrClN3/c1-13(2)5-9(6-14(3,4)8-13)18-11-10(15)7-17-12(16)19-11/h7,9H,5-6,8H2,1-4H3,(H,17,18,19). The van der Waals surface area contributed by atoms with E-state index in [1.54, 1.807) is 6.20 Å². The van der Waals surface area contributed by atoms with Crippen LogP contribution in [0.15, 0.2) is 10.7 Å². The smallest absolute Gasteiger partial charge is 0.224 e. The van der Waals surface area contributed by atoms with Crippen molar-refractivity contribution in [1.82, 2.24) is 9.97 Å². The molecule has 0 bridgehead atoms. The number of nitrogens with one attached hydrogen (secondary N) is 1. The monoisotopic (exact) mass is 345 g/mol. The van der Waals surface area contributed by atoms with E-state index in [1.165, 1.54) is 6.42 Å². The molecule has 1 aromatic heterocycles. The molecule has 1 aliphatic carbocycles. The van der Waals surface area contributed by atoms with Gasteiger partial charge in [0.05, 0.1) is 4.47 Å². The van der Waals surface area contributed by atoms with Crippen LogP contribution in [-0.4, -0.2) is 16.0 Å². The summed E-state index contributed by atoms with van der Waals surface area (Å²) in [5.41, 5.74) is 0.700. The summed E-state index contributed by atoms with van der Waals surface area (Å²) < 4.78 is 0.859. The molecule has 19 heavy (non-hydrogen) atoms. The van der Waals surface area contributed by atoms with Gasteiger partial charge in [-0.1, -0.05) is 27.7 Å². The first-order valence-corrected chi connectivity index (χ1v) is 7.79. The van der Waals surface area contributed by atoms with Gasteiger partial charge in [-0.15, -0.1) is 0 Å². The Balaban J connectivity index is 2.16. The summed E-state index contributed by atoms with van der Waals surface area (Å²) in [4.78, 5) is 8.22. The van der Waals surface area contributed by atoms with Gasteiger partial charge in [0, 0.05) is 12.2 Å². The van der Waals surface area contributed by atoms with Crippen LogP contribution < -0.4 is 5.32 Å². The fraction of sp³-hybridized carbons (Fsp3) is 0.714. The first-order valence-electron chi connectivity index (χ1n) is 6.62. The summed E-state index contributed by atoms with van der Waals surface area (Å²) in [6.07, 6.45) is 5.23. The van der Waals surface area contributed by atoms with Gasteiger partial charge in [0.1, 0.15) is 5.82 Å². The first-order chi connectivity index (χ1) is 8.67. The van der Waals surface area contributed by atoms with Gasteiger partial charge in [-0.05, 0) is 57.6 Å². The summed E-state index contributed by atoms with van der Waals surface area (Å²) in [5.74, 6) is 0.790. The van der Waals surface area contributed by atoms with Crippen molar-refractivity contribution in [3.05, 3.63) is 16.0 Å². The zero-order valence-corrected chi connectivity index (χ0v) is 14.3. The van der Waals surface area contributed by atoms with E-state index < -0.39 is 0 Å². The van der Waals surface area contributed by atoms with E-state index >= 15 is 0 Å². The lowest BCUT2D eigenvalue weighted by atomic mass is 9.63. The SMILES string of the molecule is CC1(C)CC(Nc2nc(Cl)ncc2Br)CC(C)(C)C1. The van der Waals surface area contributed by atoms with Gasteiger partial charge in [-0.2, -0.15) is 4.98 Å². The maximum Gasteiger partial charge on any atom is 0.224 e. The molecule has 0 spiro atoms. The molecule has 1 aliphatic rings. The number of aromatic nitrogens is 2. The summed E-state index contributed by atoms with van der Waals surface area (Å²) in [5, 5.41) is 3.80. The fourth-order valence-electron chi connectivity index (χ4n) is 3.59. The number of hydrogen-bond acceptors (Lipinski definition) is 3. The van der Waals surface area contributed by atoms with Crippen LogP contribution in [0.5, 0.6) is 0 Å². The average molecular weight is 347 g/mol. The Kier molecular flexibility index (Phi) is 4.12.